The largest absolute Gasteiger partial charge is 0.378 e. The maximum Gasteiger partial charge on any atom is 0.241 e. The van der Waals surface area contributed by atoms with Gasteiger partial charge in [-0.05, 0) is 50.8 Å². The predicted octanol–water partition coefficient (Wildman–Crippen LogP) is 2.62. The number of benzene rings is 1. The summed E-state index contributed by atoms with van der Waals surface area (Å²) in [5, 5.41) is 0. The van der Waals surface area contributed by atoms with E-state index in [1.807, 2.05) is 24.0 Å². The number of carbonyl (C=O) groups is 1. The molecule has 1 aromatic rings. The number of carbonyl (C=O) groups excluding carboxylic acids is 1. The van der Waals surface area contributed by atoms with Crippen LogP contribution in [-0.4, -0.2) is 62.4 Å². The normalized spacial score (nSPS) is 26.9. The lowest BCUT2D eigenvalue weighted by Gasteiger charge is -2.44. The van der Waals surface area contributed by atoms with Gasteiger partial charge in [-0.1, -0.05) is 12.1 Å². The maximum absolute atomic E-state index is 12.9. The van der Waals surface area contributed by atoms with E-state index in [9.17, 15) is 4.79 Å². The van der Waals surface area contributed by atoms with Gasteiger partial charge in [0, 0.05) is 39.0 Å². The Balaban J connectivity index is 1.67. The molecule has 2 unspecified atom stereocenters. The van der Waals surface area contributed by atoms with Crippen molar-refractivity contribution in [2.45, 2.75) is 44.8 Å². The smallest absolute Gasteiger partial charge is 0.241 e. The third kappa shape index (κ3) is 3.89. The fourth-order valence-corrected chi connectivity index (χ4v) is 4.26. The fraction of sp³-hybridized carbons (Fsp3) is 0.650. The molecule has 3 rings (SSSR count). The van der Waals surface area contributed by atoms with E-state index in [1.54, 1.807) is 7.11 Å². The van der Waals surface area contributed by atoms with Crippen LogP contribution < -0.4 is 4.90 Å². The van der Waals surface area contributed by atoms with E-state index >= 15 is 0 Å². The molecular formula is C20H30N2O3. The van der Waals surface area contributed by atoms with Gasteiger partial charge in [-0.3, -0.25) is 9.69 Å². The van der Waals surface area contributed by atoms with E-state index in [-0.39, 0.29) is 17.6 Å². The van der Waals surface area contributed by atoms with Crippen LogP contribution in [0.2, 0.25) is 0 Å². The quantitative estimate of drug-likeness (QED) is 0.822. The molecule has 2 fully saturated rings. The first kappa shape index (κ1) is 18.4. The van der Waals surface area contributed by atoms with Crippen molar-refractivity contribution in [3.05, 3.63) is 29.8 Å². The number of likely N-dealkylation sites (tertiary alicyclic amines) is 1. The molecule has 2 aliphatic heterocycles. The second-order valence-electron chi connectivity index (χ2n) is 7.22. The van der Waals surface area contributed by atoms with Crippen molar-refractivity contribution in [2.24, 2.45) is 0 Å². The highest BCUT2D eigenvalue weighted by Crippen LogP contribution is 2.36. The van der Waals surface area contributed by atoms with E-state index in [2.05, 4.69) is 24.0 Å². The van der Waals surface area contributed by atoms with Gasteiger partial charge in [0.2, 0.25) is 5.91 Å². The van der Waals surface area contributed by atoms with Crippen molar-refractivity contribution in [3.63, 3.8) is 0 Å². The molecule has 0 aliphatic carbocycles. The average molecular weight is 346 g/mol. The molecule has 0 bridgehead atoms. The lowest BCUT2D eigenvalue weighted by Crippen LogP contribution is -2.58. The highest BCUT2D eigenvalue weighted by Gasteiger charge is 2.47. The van der Waals surface area contributed by atoms with Crippen LogP contribution in [0.15, 0.2) is 24.3 Å². The Kier molecular flexibility index (Phi) is 5.77. The molecule has 0 radical (unpaired) electrons. The first-order chi connectivity index (χ1) is 12.1. The summed E-state index contributed by atoms with van der Waals surface area (Å²) >= 11 is 0. The van der Waals surface area contributed by atoms with Gasteiger partial charge in [0.25, 0.3) is 0 Å². The molecule has 0 N–H and O–H groups in total. The number of amides is 1. The third-order valence-corrected chi connectivity index (χ3v) is 5.49. The highest BCUT2D eigenvalue weighted by atomic mass is 16.5. The van der Waals surface area contributed by atoms with Crippen molar-refractivity contribution in [3.8, 4) is 0 Å². The van der Waals surface area contributed by atoms with Gasteiger partial charge in [-0.15, -0.1) is 0 Å². The van der Waals surface area contributed by atoms with Gasteiger partial charge >= 0.3 is 0 Å². The third-order valence-electron chi connectivity index (χ3n) is 5.49. The number of nitrogens with zero attached hydrogens (tertiary/aromatic N) is 2. The Hall–Kier alpha value is -1.43. The molecule has 1 amide bonds. The fourth-order valence-electron chi connectivity index (χ4n) is 4.26. The number of hydrogen-bond donors (Lipinski definition) is 0. The molecule has 0 saturated carbocycles. The molecule has 0 aromatic heterocycles. The summed E-state index contributed by atoms with van der Waals surface area (Å²) in [6, 6.07) is 8.14. The number of hydrogen-bond acceptors (Lipinski definition) is 4. The van der Waals surface area contributed by atoms with Gasteiger partial charge < -0.3 is 14.4 Å². The zero-order chi connectivity index (χ0) is 17.9. The maximum atomic E-state index is 12.9. The van der Waals surface area contributed by atoms with Crippen molar-refractivity contribution in [1.82, 2.24) is 4.90 Å². The molecule has 1 aromatic carbocycles. The molecule has 138 valence electrons. The van der Waals surface area contributed by atoms with Gasteiger partial charge in [0.15, 0.2) is 0 Å². The number of methoxy groups -OCH3 is 1. The lowest BCUT2D eigenvalue weighted by molar-refractivity contribution is -0.147. The average Bonchev–Trinajstić information content (AvgIpc) is 3.04. The monoisotopic (exact) mass is 346 g/mol. The summed E-state index contributed by atoms with van der Waals surface area (Å²) < 4.78 is 11.8. The lowest BCUT2D eigenvalue weighted by atomic mass is 9.87. The summed E-state index contributed by atoms with van der Waals surface area (Å²) in [4.78, 5) is 17.0. The van der Waals surface area contributed by atoms with E-state index < -0.39 is 0 Å². The van der Waals surface area contributed by atoms with Crippen LogP contribution in [0.1, 0.15) is 31.7 Å². The Bertz CT molecular complexity index is 598. The first-order valence-corrected chi connectivity index (χ1v) is 9.34. The Labute approximate surface area is 150 Å². The van der Waals surface area contributed by atoms with E-state index in [0.29, 0.717) is 13.1 Å². The topological polar surface area (TPSA) is 42.0 Å². The number of rotatable bonds is 5. The summed E-state index contributed by atoms with van der Waals surface area (Å²) in [5.41, 5.74) is 1.92. The number of piperidine rings is 1. The van der Waals surface area contributed by atoms with Gasteiger partial charge in [-0.25, -0.2) is 0 Å². The minimum absolute atomic E-state index is 0.139. The highest BCUT2D eigenvalue weighted by molar-refractivity contribution is 5.94. The van der Waals surface area contributed by atoms with Crippen LogP contribution in [0, 0.1) is 6.92 Å². The van der Waals surface area contributed by atoms with Crippen molar-refractivity contribution < 1.29 is 14.3 Å². The van der Waals surface area contributed by atoms with Crippen LogP contribution in [0.5, 0.6) is 0 Å². The van der Waals surface area contributed by atoms with Crippen LogP contribution in [0.4, 0.5) is 5.69 Å². The zero-order valence-corrected chi connectivity index (χ0v) is 15.7. The summed E-state index contributed by atoms with van der Waals surface area (Å²) in [7, 11) is 1.77. The molecule has 2 atom stereocenters. The van der Waals surface area contributed by atoms with Gasteiger partial charge in [-0.2, -0.15) is 0 Å². The van der Waals surface area contributed by atoms with Crippen LogP contribution in [0.25, 0.3) is 0 Å². The molecule has 25 heavy (non-hydrogen) atoms. The molecule has 5 heteroatoms. The summed E-state index contributed by atoms with van der Waals surface area (Å²) in [6.07, 6.45) is 3.15. The number of ether oxygens (including phenoxy) is 2. The van der Waals surface area contributed by atoms with Gasteiger partial charge in [0.1, 0.15) is 5.60 Å². The van der Waals surface area contributed by atoms with E-state index in [1.165, 1.54) is 5.56 Å². The predicted molar refractivity (Wildman–Crippen MR) is 99.0 cm³/mol. The van der Waals surface area contributed by atoms with Gasteiger partial charge in [0.05, 0.1) is 12.6 Å². The Morgan fingerprint density at radius 1 is 1.48 bits per heavy atom. The number of likely N-dealkylation sites (N-methyl/N-ethyl adjacent to an activating group) is 1. The Morgan fingerprint density at radius 3 is 2.96 bits per heavy atom. The second-order valence-corrected chi connectivity index (χ2v) is 7.22. The van der Waals surface area contributed by atoms with Crippen LogP contribution in [-0.2, 0) is 14.3 Å². The Morgan fingerprint density at radius 2 is 2.32 bits per heavy atom. The SMILES string of the molecule is CCN(C(=O)CN1CCC(OC)C2(CCCO2)C1)c1cccc(C)c1. The molecule has 2 saturated heterocycles. The second kappa shape index (κ2) is 7.85. The summed E-state index contributed by atoms with van der Waals surface area (Å²) in [5.74, 6) is 0.150. The molecule has 1 spiro atoms. The molecule has 2 aliphatic rings. The molecular weight excluding hydrogens is 316 g/mol. The van der Waals surface area contributed by atoms with Crippen molar-refractivity contribution in [2.75, 3.05) is 44.8 Å². The molecule has 5 nitrogen and oxygen atoms in total. The number of aryl methyl sites for hydroxylation is 1. The molecule has 2 heterocycles. The van der Waals surface area contributed by atoms with E-state index in [4.69, 9.17) is 9.47 Å². The van der Waals surface area contributed by atoms with Crippen molar-refractivity contribution in [1.29, 1.82) is 0 Å². The zero-order valence-electron chi connectivity index (χ0n) is 15.7. The first-order valence-electron chi connectivity index (χ1n) is 9.34. The van der Waals surface area contributed by atoms with Crippen molar-refractivity contribution >= 4 is 11.6 Å². The summed E-state index contributed by atoms with van der Waals surface area (Å²) in [6.45, 7) is 7.65. The van der Waals surface area contributed by atoms with Crippen LogP contribution >= 0.6 is 0 Å². The minimum atomic E-state index is -0.229. The number of anilines is 1. The standard InChI is InChI=1S/C20H30N2O3/c1-4-22(17-8-5-7-16(2)13-17)19(23)14-21-11-9-18(24-3)20(15-21)10-6-12-25-20/h5,7-8,13,18H,4,6,9-12,14-15H2,1-3H3. The van der Waals surface area contributed by atoms with E-state index in [0.717, 1.165) is 44.6 Å². The van der Waals surface area contributed by atoms with Crippen LogP contribution in [0.3, 0.4) is 0 Å². The minimum Gasteiger partial charge on any atom is -0.378 e.